The van der Waals surface area contributed by atoms with Gasteiger partial charge in [0.15, 0.2) is 5.82 Å². The Bertz CT molecular complexity index is 642. The van der Waals surface area contributed by atoms with E-state index in [0.717, 1.165) is 0 Å². The molecular weight excluding hydrogens is 258 g/mol. The quantitative estimate of drug-likeness (QED) is 0.659. The third-order valence-corrected chi connectivity index (χ3v) is 2.49. The maximum Gasteiger partial charge on any atom is 0.340 e. The maximum absolute atomic E-state index is 12.3. The van der Waals surface area contributed by atoms with Crippen LogP contribution >= 0.6 is 0 Å². The van der Waals surface area contributed by atoms with E-state index in [9.17, 15) is 4.79 Å². The zero-order chi connectivity index (χ0) is 14.9. The number of tetrazole rings is 1. The van der Waals surface area contributed by atoms with E-state index in [0.29, 0.717) is 22.8 Å². The Morgan fingerprint density at radius 1 is 1.35 bits per heavy atom. The minimum Gasteiger partial charge on any atom is -0.456 e. The molecule has 7 nitrogen and oxygen atoms in total. The van der Waals surface area contributed by atoms with Gasteiger partial charge in [0.05, 0.1) is 11.3 Å². The fourth-order valence-corrected chi connectivity index (χ4v) is 1.68. The summed E-state index contributed by atoms with van der Waals surface area (Å²) in [6, 6.07) is 4.89. The molecule has 0 aliphatic carbocycles. The number of nitrogen functional groups attached to an aromatic ring is 1. The fourth-order valence-electron chi connectivity index (χ4n) is 1.68. The van der Waals surface area contributed by atoms with Gasteiger partial charge in [-0.05, 0) is 56.3 Å². The molecule has 0 amide bonds. The molecule has 2 aromatic rings. The lowest BCUT2D eigenvalue weighted by atomic mass is 10.1. The number of aromatic nitrogens is 4. The van der Waals surface area contributed by atoms with Gasteiger partial charge in [0.1, 0.15) is 5.60 Å². The van der Waals surface area contributed by atoms with Crippen molar-refractivity contribution in [3.8, 4) is 5.69 Å². The molecule has 2 N–H and O–H groups in total. The highest BCUT2D eigenvalue weighted by atomic mass is 16.6. The topological polar surface area (TPSA) is 95.9 Å². The normalized spacial score (nSPS) is 11.4. The Morgan fingerprint density at radius 2 is 2.05 bits per heavy atom. The second kappa shape index (κ2) is 4.92. The molecule has 2 rings (SSSR count). The van der Waals surface area contributed by atoms with Gasteiger partial charge in [-0.2, -0.15) is 4.68 Å². The van der Waals surface area contributed by atoms with Gasteiger partial charge in [0, 0.05) is 5.69 Å². The van der Waals surface area contributed by atoms with Crippen LogP contribution in [0.15, 0.2) is 18.2 Å². The van der Waals surface area contributed by atoms with Gasteiger partial charge in [-0.1, -0.05) is 0 Å². The molecule has 0 spiro atoms. The molecule has 20 heavy (non-hydrogen) atoms. The van der Waals surface area contributed by atoms with Crippen molar-refractivity contribution in [1.29, 1.82) is 0 Å². The highest BCUT2D eigenvalue weighted by Gasteiger charge is 2.22. The Balaban J connectivity index is 2.49. The molecule has 1 aromatic carbocycles. The number of rotatable bonds is 2. The van der Waals surface area contributed by atoms with Crippen LogP contribution in [0.4, 0.5) is 5.69 Å². The van der Waals surface area contributed by atoms with E-state index in [1.807, 2.05) is 20.8 Å². The number of nitrogens with zero attached hydrogens (tertiary/aromatic N) is 4. The minimum absolute atomic E-state index is 0.365. The zero-order valence-corrected chi connectivity index (χ0v) is 11.9. The molecular formula is C13H17N5O2. The van der Waals surface area contributed by atoms with Gasteiger partial charge in [0.2, 0.25) is 0 Å². The molecule has 0 unspecified atom stereocenters. The van der Waals surface area contributed by atoms with Gasteiger partial charge in [-0.15, -0.1) is 5.10 Å². The zero-order valence-electron chi connectivity index (χ0n) is 11.9. The third kappa shape index (κ3) is 2.93. The Kier molecular flexibility index (Phi) is 3.44. The molecule has 0 fully saturated rings. The standard InChI is InChI=1S/C13H17N5O2/c1-8-15-16-17-18(8)11-7-9(14)5-6-10(11)12(19)20-13(2,3)4/h5-7H,14H2,1-4H3. The smallest absolute Gasteiger partial charge is 0.340 e. The number of anilines is 1. The van der Waals surface area contributed by atoms with E-state index in [1.54, 1.807) is 25.1 Å². The average molecular weight is 275 g/mol. The van der Waals surface area contributed by atoms with Crippen LogP contribution in [0.3, 0.4) is 0 Å². The Hall–Kier alpha value is -2.44. The third-order valence-electron chi connectivity index (χ3n) is 2.49. The SMILES string of the molecule is Cc1nnnn1-c1cc(N)ccc1C(=O)OC(C)(C)C. The van der Waals surface area contributed by atoms with Crippen molar-refractivity contribution in [2.24, 2.45) is 0 Å². The van der Waals surface area contributed by atoms with Crippen LogP contribution in [0.1, 0.15) is 37.0 Å². The second-order valence-electron chi connectivity index (χ2n) is 5.42. The molecule has 106 valence electrons. The van der Waals surface area contributed by atoms with Gasteiger partial charge in [0.25, 0.3) is 0 Å². The summed E-state index contributed by atoms with van der Waals surface area (Å²) in [7, 11) is 0. The van der Waals surface area contributed by atoms with Crippen LogP contribution in [-0.2, 0) is 4.74 Å². The van der Waals surface area contributed by atoms with E-state index in [-0.39, 0.29) is 0 Å². The number of carbonyl (C=O) groups excluding carboxylic acids is 1. The summed E-state index contributed by atoms with van der Waals surface area (Å²) in [5.41, 5.74) is 6.58. The first-order valence-corrected chi connectivity index (χ1v) is 6.16. The molecule has 0 aliphatic rings. The summed E-state index contributed by atoms with van der Waals surface area (Å²) in [5, 5.41) is 11.2. The number of benzene rings is 1. The van der Waals surface area contributed by atoms with Crippen LogP contribution in [-0.4, -0.2) is 31.8 Å². The first-order chi connectivity index (χ1) is 9.28. The van der Waals surface area contributed by atoms with Crippen molar-refractivity contribution >= 4 is 11.7 Å². The van der Waals surface area contributed by atoms with Crippen LogP contribution in [0.5, 0.6) is 0 Å². The molecule has 0 bridgehead atoms. The molecule has 0 saturated heterocycles. The average Bonchev–Trinajstić information content (AvgIpc) is 2.72. The van der Waals surface area contributed by atoms with Crippen molar-refractivity contribution < 1.29 is 9.53 Å². The van der Waals surface area contributed by atoms with E-state index in [4.69, 9.17) is 10.5 Å². The van der Waals surface area contributed by atoms with Crippen molar-refractivity contribution in [3.05, 3.63) is 29.6 Å². The van der Waals surface area contributed by atoms with E-state index in [1.165, 1.54) is 4.68 Å². The first-order valence-electron chi connectivity index (χ1n) is 6.16. The van der Waals surface area contributed by atoms with Crippen LogP contribution in [0.2, 0.25) is 0 Å². The number of hydrogen-bond donors (Lipinski definition) is 1. The number of ether oxygens (including phenoxy) is 1. The van der Waals surface area contributed by atoms with Crippen molar-refractivity contribution in [3.63, 3.8) is 0 Å². The molecule has 1 heterocycles. The van der Waals surface area contributed by atoms with Gasteiger partial charge < -0.3 is 10.5 Å². The lowest BCUT2D eigenvalue weighted by molar-refractivity contribution is 0.00695. The second-order valence-corrected chi connectivity index (χ2v) is 5.42. The number of aryl methyl sites for hydroxylation is 1. The lowest BCUT2D eigenvalue weighted by Gasteiger charge is -2.20. The monoisotopic (exact) mass is 275 g/mol. The number of hydrogen-bond acceptors (Lipinski definition) is 6. The summed E-state index contributed by atoms with van der Waals surface area (Å²) in [6.07, 6.45) is 0. The largest absolute Gasteiger partial charge is 0.456 e. The number of esters is 1. The number of nitrogens with two attached hydrogens (primary N) is 1. The Labute approximate surface area is 116 Å². The first kappa shape index (κ1) is 14.0. The highest BCUT2D eigenvalue weighted by molar-refractivity contribution is 5.94. The van der Waals surface area contributed by atoms with E-state index < -0.39 is 11.6 Å². The van der Waals surface area contributed by atoms with Gasteiger partial charge in [-0.3, -0.25) is 0 Å². The van der Waals surface area contributed by atoms with E-state index in [2.05, 4.69) is 15.5 Å². The summed E-state index contributed by atoms with van der Waals surface area (Å²) in [5.74, 6) is 0.114. The summed E-state index contributed by atoms with van der Waals surface area (Å²) >= 11 is 0. The fraction of sp³-hybridized carbons (Fsp3) is 0.385. The summed E-state index contributed by atoms with van der Waals surface area (Å²) in [4.78, 5) is 12.3. The summed E-state index contributed by atoms with van der Waals surface area (Å²) in [6.45, 7) is 7.17. The molecule has 0 radical (unpaired) electrons. The van der Waals surface area contributed by atoms with E-state index >= 15 is 0 Å². The molecule has 1 aromatic heterocycles. The molecule has 7 heteroatoms. The number of carbonyl (C=O) groups is 1. The minimum atomic E-state index is -0.578. The van der Waals surface area contributed by atoms with Crippen LogP contribution in [0, 0.1) is 6.92 Å². The van der Waals surface area contributed by atoms with Gasteiger partial charge in [-0.25, -0.2) is 4.79 Å². The van der Waals surface area contributed by atoms with Crippen molar-refractivity contribution in [1.82, 2.24) is 20.2 Å². The molecule has 0 atom stereocenters. The van der Waals surface area contributed by atoms with Crippen LogP contribution in [0.25, 0.3) is 5.69 Å². The molecule has 0 aliphatic heterocycles. The van der Waals surface area contributed by atoms with Crippen molar-refractivity contribution in [2.45, 2.75) is 33.3 Å². The van der Waals surface area contributed by atoms with Crippen LogP contribution < -0.4 is 5.73 Å². The molecule has 0 saturated carbocycles. The Morgan fingerprint density at radius 3 is 2.60 bits per heavy atom. The summed E-state index contributed by atoms with van der Waals surface area (Å²) < 4.78 is 6.83. The highest BCUT2D eigenvalue weighted by Crippen LogP contribution is 2.21. The predicted octanol–water partition coefficient (Wildman–Crippen LogP) is 1.51. The van der Waals surface area contributed by atoms with Crippen molar-refractivity contribution in [2.75, 3.05) is 5.73 Å². The lowest BCUT2D eigenvalue weighted by Crippen LogP contribution is -2.25. The van der Waals surface area contributed by atoms with Gasteiger partial charge >= 0.3 is 5.97 Å². The predicted molar refractivity (Wildman–Crippen MR) is 73.5 cm³/mol. The maximum atomic E-state index is 12.3.